The lowest BCUT2D eigenvalue weighted by Gasteiger charge is -2.42. The maximum atomic E-state index is 13.1. The molecular formula is C35H44ClF6N3O5S2. The van der Waals surface area contributed by atoms with Gasteiger partial charge in [-0.3, -0.25) is 14.4 Å². The van der Waals surface area contributed by atoms with Crippen LogP contribution >= 0.6 is 34.3 Å². The van der Waals surface area contributed by atoms with Gasteiger partial charge in [0.2, 0.25) is 12.3 Å². The summed E-state index contributed by atoms with van der Waals surface area (Å²) in [5.41, 5.74) is -0.689. The average molecular weight is 800 g/mol. The van der Waals surface area contributed by atoms with Crippen LogP contribution in [0.3, 0.4) is 0 Å². The number of hydrogen-bond donors (Lipinski definition) is 2. The Hall–Kier alpha value is -3.24. The molecule has 1 fully saturated rings. The Balaban J connectivity index is 0.000000222. The molecule has 0 aromatic carbocycles. The van der Waals surface area contributed by atoms with E-state index in [4.69, 9.17) is 11.6 Å². The summed E-state index contributed by atoms with van der Waals surface area (Å²) < 4.78 is 80.4. The van der Waals surface area contributed by atoms with E-state index in [-0.39, 0.29) is 17.8 Å². The van der Waals surface area contributed by atoms with Gasteiger partial charge < -0.3 is 25.0 Å². The molecular weight excluding hydrogens is 756 g/mol. The Labute approximate surface area is 312 Å². The third-order valence-electron chi connectivity index (χ3n) is 9.18. The molecule has 2 N–H and O–H groups in total. The maximum Gasteiger partial charge on any atom is 0.425 e. The number of rotatable bonds is 8. The molecule has 2 unspecified atom stereocenters. The van der Waals surface area contributed by atoms with Crippen molar-refractivity contribution in [2.75, 3.05) is 20.2 Å². The number of thiophene rings is 2. The second-order valence-corrected chi connectivity index (χ2v) is 16.0. The van der Waals surface area contributed by atoms with Crippen molar-refractivity contribution >= 4 is 52.6 Å². The van der Waals surface area contributed by atoms with Crippen LogP contribution in [-0.4, -0.2) is 71.7 Å². The Kier molecular flexibility index (Phi) is 15.1. The van der Waals surface area contributed by atoms with E-state index in [1.54, 1.807) is 23.6 Å². The second kappa shape index (κ2) is 18.2. The van der Waals surface area contributed by atoms with Crippen LogP contribution < -0.4 is 10.1 Å². The molecule has 8 nitrogen and oxygen atoms in total. The number of dihydropyridines is 1. The van der Waals surface area contributed by atoms with Gasteiger partial charge in [0, 0.05) is 35.5 Å². The number of alkyl halides is 6. The molecule has 0 saturated carbocycles. The van der Waals surface area contributed by atoms with E-state index >= 15 is 0 Å². The molecule has 3 aliphatic rings. The molecule has 17 heteroatoms. The van der Waals surface area contributed by atoms with Crippen molar-refractivity contribution in [2.45, 2.75) is 96.7 Å². The normalized spacial score (nSPS) is 21.7. The summed E-state index contributed by atoms with van der Waals surface area (Å²) in [4.78, 5) is 39.1. The van der Waals surface area contributed by atoms with Crippen molar-refractivity contribution < 1.29 is 50.6 Å². The van der Waals surface area contributed by atoms with Gasteiger partial charge in [0.05, 0.1) is 28.5 Å². The third kappa shape index (κ3) is 11.1. The molecule has 0 aliphatic carbocycles. The van der Waals surface area contributed by atoms with Crippen LogP contribution in [0.15, 0.2) is 41.4 Å². The van der Waals surface area contributed by atoms with E-state index in [1.165, 1.54) is 36.1 Å². The predicted octanol–water partition coefficient (Wildman–Crippen LogP) is 9.12. The van der Waals surface area contributed by atoms with Crippen molar-refractivity contribution in [3.8, 4) is 5.75 Å². The first-order valence-electron chi connectivity index (χ1n) is 16.7. The minimum Gasteiger partial charge on any atom is -0.496 e. The highest BCUT2D eigenvalue weighted by atomic mass is 35.5. The number of carbonyl (C=O) groups excluding carboxylic acids is 2. The lowest BCUT2D eigenvalue weighted by atomic mass is 9.82. The zero-order valence-electron chi connectivity index (χ0n) is 29.4. The minimum absolute atomic E-state index is 0.0356. The van der Waals surface area contributed by atoms with E-state index < -0.39 is 46.1 Å². The van der Waals surface area contributed by atoms with Crippen LogP contribution in [0.25, 0.3) is 0 Å². The van der Waals surface area contributed by atoms with E-state index in [9.17, 15) is 45.8 Å². The van der Waals surface area contributed by atoms with Gasteiger partial charge >= 0.3 is 18.3 Å². The van der Waals surface area contributed by atoms with Gasteiger partial charge in [0.25, 0.3) is 0 Å². The predicted molar refractivity (Wildman–Crippen MR) is 189 cm³/mol. The van der Waals surface area contributed by atoms with Gasteiger partial charge in [-0.15, -0.1) is 22.7 Å². The first-order chi connectivity index (χ1) is 24.2. The smallest absolute Gasteiger partial charge is 0.425 e. The number of fused-ring (bicyclic) bond motifs is 1. The molecule has 2 aromatic heterocycles. The van der Waals surface area contributed by atoms with Gasteiger partial charge in [0.15, 0.2) is 0 Å². The van der Waals surface area contributed by atoms with Gasteiger partial charge in [-0.2, -0.15) is 26.3 Å². The van der Waals surface area contributed by atoms with Crippen LogP contribution in [0, 0.1) is 11.3 Å². The van der Waals surface area contributed by atoms with Crippen molar-refractivity contribution in [1.29, 1.82) is 0 Å². The van der Waals surface area contributed by atoms with Crippen molar-refractivity contribution in [3.63, 3.8) is 0 Å². The average Bonchev–Trinajstić information content (AvgIpc) is 3.73. The highest BCUT2D eigenvalue weighted by molar-refractivity contribution is 7.16. The van der Waals surface area contributed by atoms with Gasteiger partial charge in [-0.25, -0.2) is 0 Å². The molecule has 2 amide bonds. The number of amides is 2. The van der Waals surface area contributed by atoms with Crippen LogP contribution in [0.2, 0.25) is 4.34 Å². The number of ether oxygens (including phenoxy) is 1. The summed E-state index contributed by atoms with van der Waals surface area (Å²) in [5.74, 6) is -0.734. The molecule has 290 valence electrons. The molecule has 1 saturated heterocycles. The van der Waals surface area contributed by atoms with Gasteiger partial charge in [0.1, 0.15) is 16.7 Å². The van der Waals surface area contributed by atoms with E-state index in [2.05, 4.69) is 17.0 Å². The molecule has 0 bridgehead atoms. The quantitative estimate of drug-likeness (QED) is 0.204. The lowest BCUT2D eigenvalue weighted by molar-refractivity contribution is -0.148. The summed E-state index contributed by atoms with van der Waals surface area (Å²) in [5, 5.41) is 13.2. The largest absolute Gasteiger partial charge is 0.496 e. The minimum atomic E-state index is -4.50. The number of carboxylic acid groups (broad SMARTS) is 1. The number of carboxylic acids is 1. The van der Waals surface area contributed by atoms with E-state index in [1.807, 2.05) is 13.0 Å². The van der Waals surface area contributed by atoms with Crippen LogP contribution in [0.5, 0.6) is 5.75 Å². The molecule has 0 spiro atoms. The number of piperidine rings is 1. The Morgan fingerprint density at radius 2 is 1.83 bits per heavy atom. The van der Waals surface area contributed by atoms with Crippen LogP contribution in [0.4, 0.5) is 26.3 Å². The van der Waals surface area contributed by atoms with Crippen molar-refractivity contribution in [2.24, 2.45) is 11.3 Å². The number of nitrogens with zero attached hydrogens (tertiary/aromatic N) is 2. The number of carbonyl (C=O) groups is 3. The SMILES string of the molecule is CC(C)(CC1c2cc(Cl)sc2CCN1C=O)C(=O)O.CCC[C@@H]1[C@H](C)CCCN1C(=O)C1NC=CC=C1C(F)(F)F.COc1csc(C(F)(F)F)c1. The van der Waals surface area contributed by atoms with Crippen LogP contribution in [-0.2, 0) is 27.0 Å². The Morgan fingerprint density at radius 3 is 2.37 bits per heavy atom. The van der Waals surface area contributed by atoms with Gasteiger partial charge in [-0.1, -0.05) is 37.9 Å². The number of methoxy groups -OCH3 is 1. The molecule has 52 heavy (non-hydrogen) atoms. The molecule has 3 aliphatic heterocycles. The van der Waals surface area contributed by atoms with Crippen molar-refractivity contribution in [3.05, 3.63) is 61.1 Å². The van der Waals surface area contributed by atoms with E-state index in [0.717, 1.165) is 61.1 Å². The third-order valence-corrected chi connectivity index (χ3v) is 11.5. The highest BCUT2D eigenvalue weighted by Gasteiger charge is 2.45. The molecule has 4 atom stereocenters. The molecule has 5 heterocycles. The van der Waals surface area contributed by atoms with E-state index in [0.29, 0.717) is 41.1 Å². The highest BCUT2D eigenvalue weighted by Crippen LogP contribution is 2.42. The second-order valence-electron chi connectivity index (χ2n) is 13.4. The molecule has 0 radical (unpaired) electrons. The van der Waals surface area contributed by atoms with Gasteiger partial charge in [-0.05, 0) is 75.8 Å². The number of halogens is 7. The summed E-state index contributed by atoms with van der Waals surface area (Å²) >= 11 is 8.18. The number of aliphatic carboxylic acids is 1. The zero-order valence-corrected chi connectivity index (χ0v) is 31.8. The fourth-order valence-electron chi connectivity index (χ4n) is 6.33. The summed E-state index contributed by atoms with van der Waals surface area (Å²) in [7, 11) is 1.34. The molecule has 5 rings (SSSR count). The number of allylic oxidation sites excluding steroid dienone is 2. The monoisotopic (exact) mass is 799 g/mol. The molecule has 2 aromatic rings. The topological polar surface area (TPSA) is 99.2 Å². The zero-order chi connectivity index (χ0) is 39.0. The summed E-state index contributed by atoms with van der Waals surface area (Å²) in [6, 6.07) is 1.35. The summed E-state index contributed by atoms with van der Waals surface area (Å²) in [6.07, 6.45) is 0.527. The Morgan fingerprint density at radius 1 is 1.13 bits per heavy atom. The Bertz CT molecular complexity index is 1590. The fraction of sp³-hybridized carbons (Fsp3) is 0.571. The first-order valence-corrected chi connectivity index (χ1v) is 18.7. The first kappa shape index (κ1) is 43.2. The number of likely N-dealkylation sites (tertiary alicyclic amines) is 1. The summed E-state index contributed by atoms with van der Waals surface area (Å²) in [6.45, 7) is 8.64. The lowest BCUT2D eigenvalue weighted by Crippen LogP contribution is -2.55. The van der Waals surface area contributed by atoms with Crippen LogP contribution in [0.1, 0.15) is 81.2 Å². The van der Waals surface area contributed by atoms with Crippen molar-refractivity contribution in [1.82, 2.24) is 15.1 Å². The standard InChI is InChI=1S/C16H23F3N2O.C13H16ClNO3S.C6H5F3OS/c1-3-6-13-11(2)7-5-10-21(13)15(22)14-12(16(17,18)19)8-4-9-20-14;1-13(2,12(17)18)6-9-8-5-11(14)19-10(8)3-4-15(9)7-16;1-10-4-2-5(11-3-4)6(7,8)9/h4,8-9,11,13-14,20H,3,5-7,10H2,1-2H3;5,7,9H,3-4,6H2,1-2H3,(H,17,18);2-3H,1H3/t11-,13-,14?;;/m1../s1. The fourth-order valence-corrected chi connectivity index (χ4v) is 8.38. The number of hydrogen-bond acceptors (Lipinski definition) is 7. The maximum absolute atomic E-state index is 13.1. The number of nitrogens with one attached hydrogen (secondary N) is 1.